The van der Waals surface area contributed by atoms with Crippen molar-refractivity contribution in [2.24, 2.45) is 0 Å². The summed E-state index contributed by atoms with van der Waals surface area (Å²) < 4.78 is 13.1. The predicted octanol–water partition coefficient (Wildman–Crippen LogP) is 4.16. The number of hydrogen-bond acceptors (Lipinski definition) is 5. The number of aromatic nitrogens is 4. The highest BCUT2D eigenvalue weighted by Crippen LogP contribution is 2.33. The minimum atomic E-state index is 0.506. The van der Waals surface area contributed by atoms with E-state index in [1.54, 1.807) is 20.4 Å². The van der Waals surface area contributed by atoms with E-state index in [0.717, 1.165) is 22.2 Å². The molecule has 2 aromatic carbocycles. The monoisotopic (exact) mass is 364 g/mol. The van der Waals surface area contributed by atoms with E-state index in [2.05, 4.69) is 15.2 Å². The normalized spacial score (nSPS) is 10.8. The molecule has 4 aromatic rings. The molecule has 0 bridgehead atoms. The lowest BCUT2D eigenvalue weighted by Crippen LogP contribution is -2.00. The third-order valence-corrected chi connectivity index (χ3v) is 4.45. The number of aromatic amines is 1. The molecule has 0 fully saturated rings. The molecule has 0 amide bonds. The molecule has 4 rings (SSSR count). The Morgan fingerprint density at radius 2 is 1.85 bits per heavy atom. The van der Waals surface area contributed by atoms with Gasteiger partial charge in [-0.25, -0.2) is 0 Å². The second-order valence-corrected chi connectivity index (χ2v) is 5.99. The Hall–Kier alpha value is -3.19. The maximum absolute atomic E-state index is 5.50. The lowest BCUT2D eigenvalue weighted by Gasteiger charge is -2.12. The van der Waals surface area contributed by atoms with Gasteiger partial charge in [0, 0.05) is 17.1 Å². The number of rotatable bonds is 4. The fraction of sp³-hybridized carbons (Fsp3) is 0.105. The molecule has 2 heterocycles. The average molecular weight is 364 g/mol. The SMILES string of the molecule is COc1ccc(-c2n[nH]c(=S)n2-c2cccc3ncccc23)cc1OC. The molecule has 0 aliphatic heterocycles. The van der Waals surface area contributed by atoms with Crippen LogP contribution in [0.15, 0.2) is 54.7 Å². The van der Waals surface area contributed by atoms with Crippen molar-refractivity contribution in [3.63, 3.8) is 0 Å². The second-order valence-electron chi connectivity index (χ2n) is 5.60. The van der Waals surface area contributed by atoms with Crippen LogP contribution in [0.5, 0.6) is 11.5 Å². The second kappa shape index (κ2) is 6.61. The van der Waals surface area contributed by atoms with E-state index in [4.69, 9.17) is 21.7 Å². The first-order valence-electron chi connectivity index (χ1n) is 7.97. The third kappa shape index (κ3) is 2.62. The summed E-state index contributed by atoms with van der Waals surface area (Å²) in [4.78, 5) is 4.42. The number of ether oxygens (including phenoxy) is 2. The summed E-state index contributed by atoms with van der Waals surface area (Å²) >= 11 is 5.50. The maximum Gasteiger partial charge on any atom is 0.200 e. The summed E-state index contributed by atoms with van der Waals surface area (Å²) in [6.45, 7) is 0. The Morgan fingerprint density at radius 3 is 2.65 bits per heavy atom. The van der Waals surface area contributed by atoms with Gasteiger partial charge in [0.15, 0.2) is 22.1 Å². The molecule has 130 valence electrons. The van der Waals surface area contributed by atoms with E-state index in [1.807, 2.05) is 53.1 Å². The van der Waals surface area contributed by atoms with Gasteiger partial charge in [0.25, 0.3) is 0 Å². The number of hydrogen-bond donors (Lipinski definition) is 1. The molecule has 0 atom stereocenters. The van der Waals surface area contributed by atoms with Crippen molar-refractivity contribution in [1.29, 1.82) is 0 Å². The molecule has 0 radical (unpaired) electrons. The van der Waals surface area contributed by atoms with E-state index < -0.39 is 0 Å². The zero-order chi connectivity index (χ0) is 18.1. The summed E-state index contributed by atoms with van der Waals surface area (Å²) in [5.74, 6) is 1.98. The molecule has 7 heteroatoms. The molecule has 6 nitrogen and oxygen atoms in total. The fourth-order valence-electron chi connectivity index (χ4n) is 2.97. The summed E-state index contributed by atoms with van der Waals surface area (Å²) in [5.41, 5.74) is 2.67. The molecule has 0 aliphatic carbocycles. The molecule has 1 N–H and O–H groups in total. The summed E-state index contributed by atoms with van der Waals surface area (Å²) in [6.07, 6.45) is 1.77. The van der Waals surface area contributed by atoms with E-state index >= 15 is 0 Å². The topological polar surface area (TPSA) is 65.0 Å². The largest absolute Gasteiger partial charge is 0.493 e. The van der Waals surface area contributed by atoms with Crippen molar-refractivity contribution in [2.45, 2.75) is 0 Å². The van der Waals surface area contributed by atoms with Crippen LogP contribution in [0.3, 0.4) is 0 Å². The van der Waals surface area contributed by atoms with Crippen molar-refractivity contribution in [2.75, 3.05) is 14.2 Å². The number of methoxy groups -OCH3 is 2. The number of nitrogens with zero attached hydrogens (tertiary/aromatic N) is 3. The first kappa shape index (κ1) is 16.3. The smallest absolute Gasteiger partial charge is 0.200 e. The van der Waals surface area contributed by atoms with Gasteiger partial charge in [0.1, 0.15) is 0 Å². The molecule has 0 saturated carbocycles. The quantitative estimate of drug-likeness (QED) is 0.551. The number of benzene rings is 2. The molecule has 0 saturated heterocycles. The van der Waals surface area contributed by atoms with Crippen LogP contribution in [0.25, 0.3) is 28.0 Å². The van der Waals surface area contributed by atoms with Crippen LogP contribution < -0.4 is 9.47 Å². The van der Waals surface area contributed by atoms with Crippen LogP contribution in [-0.2, 0) is 0 Å². The highest BCUT2D eigenvalue weighted by Gasteiger charge is 2.15. The van der Waals surface area contributed by atoms with Crippen molar-refractivity contribution in [1.82, 2.24) is 19.7 Å². The van der Waals surface area contributed by atoms with Gasteiger partial charge in [-0.3, -0.25) is 14.6 Å². The van der Waals surface area contributed by atoms with Crippen molar-refractivity contribution < 1.29 is 9.47 Å². The van der Waals surface area contributed by atoms with Gasteiger partial charge in [-0.2, -0.15) is 5.10 Å². The molecule has 0 unspecified atom stereocenters. The molecule has 26 heavy (non-hydrogen) atoms. The number of fused-ring (bicyclic) bond motifs is 1. The molecule has 2 aromatic heterocycles. The van der Waals surface area contributed by atoms with Crippen LogP contribution in [-0.4, -0.2) is 34.0 Å². The van der Waals surface area contributed by atoms with Gasteiger partial charge in [0.2, 0.25) is 0 Å². The van der Waals surface area contributed by atoms with Crippen molar-refractivity contribution in [3.8, 4) is 28.6 Å². The van der Waals surface area contributed by atoms with Crippen LogP contribution in [0, 0.1) is 4.77 Å². The third-order valence-electron chi connectivity index (χ3n) is 4.18. The van der Waals surface area contributed by atoms with E-state index in [1.165, 1.54) is 0 Å². The lowest BCUT2D eigenvalue weighted by molar-refractivity contribution is 0.355. The Balaban J connectivity index is 1.96. The highest BCUT2D eigenvalue weighted by molar-refractivity contribution is 7.71. The Morgan fingerprint density at radius 1 is 1.00 bits per heavy atom. The fourth-order valence-corrected chi connectivity index (χ4v) is 3.20. The number of nitrogens with one attached hydrogen (secondary N) is 1. The van der Waals surface area contributed by atoms with E-state index in [0.29, 0.717) is 22.1 Å². The molecule has 0 aliphatic rings. The summed E-state index contributed by atoms with van der Waals surface area (Å²) in [5, 5.41) is 8.31. The van der Waals surface area contributed by atoms with Gasteiger partial charge in [0.05, 0.1) is 25.4 Å². The standard InChI is InChI=1S/C19H16N4O2S/c1-24-16-9-8-12(11-17(16)25-2)18-21-22-19(26)23(18)15-7-3-6-14-13(15)5-4-10-20-14/h3-11H,1-2H3,(H,22,26). The van der Waals surface area contributed by atoms with Crippen LogP contribution in [0.1, 0.15) is 0 Å². The number of H-pyrrole nitrogens is 1. The van der Waals surface area contributed by atoms with Gasteiger partial charge in [-0.1, -0.05) is 6.07 Å². The molecular weight excluding hydrogens is 348 g/mol. The van der Waals surface area contributed by atoms with E-state index in [-0.39, 0.29) is 0 Å². The van der Waals surface area contributed by atoms with Crippen LogP contribution in [0.2, 0.25) is 0 Å². The first-order chi connectivity index (χ1) is 12.7. The molecule has 0 spiro atoms. The van der Waals surface area contributed by atoms with Gasteiger partial charge >= 0.3 is 0 Å². The maximum atomic E-state index is 5.50. The van der Waals surface area contributed by atoms with Crippen LogP contribution in [0.4, 0.5) is 0 Å². The number of pyridine rings is 1. The Bertz CT molecular complexity index is 1140. The van der Waals surface area contributed by atoms with Gasteiger partial charge < -0.3 is 9.47 Å². The zero-order valence-corrected chi connectivity index (χ0v) is 15.1. The zero-order valence-electron chi connectivity index (χ0n) is 14.3. The average Bonchev–Trinajstić information content (AvgIpc) is 3.08. The van der Waals surface area contributed by atoms with Crippen LogP contribution >= 0.6 is 12.2 Å². The molecular formula is C19H16N4O2S. The first-order valence-corrected chi connectivity index (χ1v) is 8.37. The Labute approximate surface area is 155 Å². The van der Waals surface area contributed by atoms with Gasteiger partial charge in [-0.05, 0) is 54.7 Å². The van der Waals surface area contributed by atoms with Crippen molar-refractivity contribution >= 4 is 23.1 Å². The summed E-state index contributed by atoms with van der Waals surface area (Å²) in [6, 6.07) is 15.5. The minimum Gasteiger partial charge on any atom is -0.493 e. The van der Waals surface area contributed by atoms with Crippen molar-refractivity contribution in [3.05, 3.63) is 59.5 Å². The lowest BCUT2D eigenvalue weighted by atomic mass is 10.1. The minimum absolute atomic E-state index is 0.506. The van der Waals surface area contributed by atoms with E-state index in [9.17, 15) is 0 Å². The Kier molecular flexibility index (Phi) is 4.14. The predicted molar refractivity (Wildman–Crippen MR) is 103 cm³/mol. The highest BCUT2D eigenvalue weighted by atomic mass is 32.1. The van der Waals surface area contributed by atoms with Gasteiger partial charge in [-0.15, -0.1) is 0 Å². The summed E-state index contributed by atoms with van der Waals surface area (Å²) in [7, 11) is 3.21.